The lowest BCUT2D eigenvalue weighted by Gasteiger charge is -2.40. The number of fused-ring (bicyclic) bond motifs is 1. The van der Waals surface area contributed by atoms with E-state index in [1.807, 2.05) is 19.1 Å². The van der Waals surface area contributed by atoms with Crippen molar-refractivity contribution in [3.8, 4) is 0 Å². The third kappa shape index (κ3) is 4.95. The van der Waals surface area contributed by atoms with Gasteiger partial charge in [0.2, 0.25) is 0 Å². The number of alkyl halides is 2. The van der Waals surface area contributed by atoms with Gasteiger partial charge in [0.25, 0.3) is 5.13 Å². The van der Waals surface area contributed by atoms with Gasteiger partial charge in [-0.2, -0.15) is 4.98 Å². The van der Waals surface area contributed by atoms with Crippen molar-refractivity contribution >= 4 is 65.8 Å². The number of benzene rings is 1. The molecule has 5 nitrogen and oxygen atoms in total. The molecule has 1 N–H and O–H groups in total. The zero-order valence-electron chi connectivity index (χ0n) is 15.4. The largest absolute Gasteiger partial charge is 0.623 e. The molecular formula is C18H25BrCl2N4OS. The molecule has 0 spiro atoms. The molecule has 1 fully saturated rings. The van der Waals surface area contributed by atoms with Crippen LogP contribution in [0.3, 0.4) is 0 Å². The van der Waals surface area contributed by atoms with E-state index in [1.165, 1.54) is 11.3 Å². The predicted octanol–water partition coefficient (Wildman–Crippen LogP) is 5.06. The van der Waals surface area contributed by atoms with Crippen LogP contribution in [0.15, 0.2) is 12.1 Å². The Morgan fingerprint density at radius 3 is 2.96 bits per heavy atom. The summed E-state index contributed by atoms with van der Waals surface area (Å²) in [5.74, 6) is 0.609. The second-order valence-electron chi connectivity index (χ2n) is 6.99. The number of rotatable bonds is 9. The number of nitrogens with zero attached hydrogens (tertiary/aromatic N) is 3. The normalized spacial score (nSPS) is 23.5. The van der Waals surface area contributed by atoms with Crippen LogP contribution in [0.2, 0.25) is 5.02 Å². The smallest absolute Gasteiger partial charge is 0.289 e. The van der Waals surface area contributed by atoms with Crippen LogP contribution in [-0.4, -0.2) is 53.6 Å². The lowest BCUT2D eigenvalue weighted by molar-refractivity contribution is 0.272. The number of nitrogens with one attached hydrogen (secondary N) is 1. The topological polar surface area (TPSA) is 51.2 Å². The summed E-state index contributed by atoms with van der Waals surface area (Å²) in [5.41, 5.74) is 1.83. The molecule has 2 atom stereocenters. The Kier molecular flexibility index (Phi) is 7.78. The average Bonchev–Trinajstić information content (AvgIpc) is 3.19. The van der Waals surface area contributed by atoms with Gasteiger partial charge in [0.15, 0.2) is 6.17 Å². The van der Waals surface area contributed by atoms with E-state index in [-0.39, 0.29) is 6.17 Å². The SMILES string of the molecule is Cc1cc2nc([N+]3([O-])CN(CCCCl)CC3NCCCCBr)sc2cc1Cl. The lowest BCUT2D eigenvalue weighted by atomic mass is 10.2. The van der Waals surface area contributed by atoms with Gasteiger partial charge in [0.05, 0.1) is 16.8 Å². The minimum Gasteiger partial charge on any atom is -0.623 e. The fourth-order valence-corrected chi connectivity index (χ4v) is 5.18. The zero-order chi connectivity index (χ0) is 19.4. The summed E-state index contributed by atoms with van der Waals surface area (Å²) in [6, 6.07) is 3.88. The van der Waals surface area contributed by atoms with Crippen LogP contribution < -0.4 is 9.96 Å². The number of halogens is 3. The van der Waals surface area contributed by atoms with Crippen molar-refractivity contribution in [1.82, 2.24) is 19.8 Å². The summed E-state index contributed by atoms with van der Waals surface area (Å²) in [5, 5.41) is 19.7. The molecule has 27 heavy (non-hydrogen) atoms. The van der Waals surface area contributed by atoms with Crippen molar-refractivity contribution in [2.24, 2.45) is 0 Å². The average molecular weight is 496 g/mol. The van der Waals surface area contributed by atoms with E-state index < -0.39 is 4.65 Å². The molecule has 0 amide bonds. The number of hydrogen-bond donors (Lipinski definition) is 1. The molecule has 0 bridgehead atoms. The molecule has 1 aliphatic rings. The van der Waals surface area contributed by atoms with Crippen molar-refractivity contribution in [1.29, 1.82) is 0 Å². The first-order valence-electron chi connectivity index (χ1n) is 9.21. The molecule has 2 heterocycles. The molecular weight excluding hydrogens is 471 g/mol. The van der Waals surface area contributed by atoms with E-state index in [0.717, 1.165) is 53.5 Å². The van der Waals surface area contributed by atoms with Crippen LogP contribution in [0, 0.1) is 12.1 Å². The van der Waals surface area contributed by atoms with Crippen LogP contribution in [-0.2, 0) is 0 Å². The second-order valence-corrected chi connectivity index (χ2v) is 9.58. The minimum atomic E-state index is -0.452. The van der Waals surface area contributed by atoms with Gasteiger partial charge in [-0.15, -0.1) is 11.6 Å². The Bertz CT molecular complexity index is 738. The number of hydroxylamine groups is 2. The summed E-state index contributed by atoms with van der Waals surface area (Å²) in [4.78, 5) is 6.89. The first-order chi connectivity index (χ1) is 13.0. The van der Waals surface area contributed by atoms with Gasteiger partial charge >= 0.3 is 0 Å². The summed E-state index contributed by atoms with van der Waals surface area (Å²) < 4.78 is 0.512. The van der Waals surface area contributed by atoms with Crippen LogP contribution in [0.1, 0.15) is 24.8 Å². The second kappa shape index (κ2) is 9.67. The molecule has 1 aliphatic heterocycles. The van der Waals surface area contributed by atoms with Gasteiger partial charge in [-0.05, 0) is 43.9 Å². The first-order valence-corrected chi connectivity index (χ1v) is 12.1. The van der Waals surface area contributed by atoms with Gasteiger partial charge in [-0.25, -0.2) is 4.90 Å². The molecule has 1 aromatic heterocycles. The molecule has 2 aromatic rings. The molecule has 0 radical (unpaired) electrons. The van der Waals surface area contributed by atoms with Crippen molar-refractivity contribution in [3.63, 3.8) is 0 Å². The van der Waals surface area contributed by atoms with E-state index in [4.69, 9.17) is 28.2 Å². The number of unbranched alkanes of at least 4 members (excludes halogenated alkanes) is 1. The molecule has 1 aromatic carbocycles. The van der Waals surface area contributed by atoms with Gasteiger partial charge in [-0.3, -0.25) is 9.96 Å². The van der Waals surface area contributed by atoms with E-state index >= 15 is 0 Å². The summed E-state index contributed by atoms with van der Waals surface area (Å²) in [6.07, 6.45) is 2.80. The van der Waals surface area contributed by atoms with Crippen LogP contribution in [0.4, 0.5) is 5.13 Å². The van der Waals surface area contributed by atoms with Gasteiger partial charge in [-0.1, -0.05) is 38.9 Å². The Morgan fingerprint density at radius 2 is 2.22 bits per heavy atom. The number of aromatic nitrogens is 1. The molecule has 150 valence electrons. The Balaban J connectivity index is 1.85. The monoisotopic (exact) mass is 494 g/mol. The zero-order valence-corrected chi connectivity index (χ0v) is 19.3. The number of thiazole rings is 1. The van der Waals surface area contributed by atoms with Gasteiger partial charge in [0, 0.05) is 29.3 Å². The maximum atomic E-state index is 13.9. The molecule has 2 unspecified atom stereocenters. The van der Waals surface area contributed by atoms with Crippen molar-refractivity contribution in [3.05, 3.63) is 27.9 Å². The Labute approximate surface area is 182 Å². The van der Waals surface area contributed by atoms with Gasteiger partial charge in [0.1, 0.15) is 6.67 Å². The third-order valence-electron chi connectivity index (χ3n) is 4.87. The van der Waals surface area contributed by atoms with Crippen molar-refractivity contribution in [2.75, 3.05) is 37.5 Å². The van der Waals surface area contributed by atoms with E-state index in [1.54, 1.807) is 0 Å². The lowest BCUT2D eigenvalue weighted by Crippen LogP contribution is -2.56. The van der Waals surface area contributed by atoms with Gasteiger partial charge < -0.3 is 5.21 Å². The quantitative estimate of drug-likeness (QED) is 0.229. The van der Waals surface area contributed by atoms with Crippen LogP contribution >= 0.6 is 50.5 Å². The number of aryl methyl sites for hydroxylation is 1. The highest BCUT2D eigenvalue weighted by molar-refractivity contribution is 9.09. The van der Waals surface area contributed by atoms with Crippen LogP contribution in [0.25, 0.3) is 10.2 Å². The van der Waals surface area contributed by atoms with E-state index in [2.05, 4.69) is 26.1 Å². The Hall–Kier alpha value is 0.01000. The number of hydrogen-bond acceptors (Lipinski definition) is 5. The highest BCUT2D eigenvalue weighted by atomic mass is 79.9. The molecule has 0 aliphatic carbocycles. The maximum Gasteiger partial charge on any atom is 0.289 e. The Morgan fingerprint density at radius 1 is 1.41 bits per heavy atom. The fraction of sp³-hybridized carbons (Fsp3) is 0.611. The summed E-state index contributed by atoms with van der Waals surface area (Å²) in [6.45, 7) is 4.74. The third-order valence-corrected chi connectivity index (χ3v) is 7.24. The maximum absolute atomic E-state index is 13.9. The standard InChI is InChI=1S/C18H25BrCl2N4OS/c1-13-9-15-16(10-14(13)21)27-18(23-15)25(26)12-24(8-4-6-20)11-17(25)22-7-3-2-5-19/h9-10,17,22H,2-8,11-12H2,1H3. The highest BCUT2D eigenvalue weighted by Crippen LogP contribution is 2.38. The van der Waals surface area contributed by atoms with E-state index in [0.29, 0.717) is 29.2 Å². The minimum absolute atomic E-state index is 0.215. The summed E-state index contributed by atoms with van der Waals surface area (Å²) >= 11 is 17.0. The van der Waals surface area contributed by atoms with E-state index in [9.17, 15) is 5.21 Å². The number of quaternary nitrogens is 1. The van der Waals surface area contributed by atoms with Crippen LogP contribution in [0.5, 0.6) is 0 Å². The van der Waals surface area contributed by atoms with Crippen molar-refractivity contribution in [2.45, 2.75) is 32.4 Å². The summed E-state index contributed by atoms with van der Waals surface area (Å²) in [7, 11) is 0. The molecule has 3 rings (SSSR count). The first kappa shape index (κ1) is 21.7. The molecule has 9 heteroatoms. The fourth-order valence-electron chi connectivity index (χ4n) is 3.37. The van der Waals surface area contributed by atoms with Crippen molar-refractivity contribution < 1.29 is 0 Å². The molecule has 1 saturated heterocycles. The highest BCUT2D eigenvalue weighted by Gasteiger charge is 2.43. The molecule has 0 saturated carbocycles. The predicted molar refractivity (Wildman–Crippen MR) is 121 cm³/mol.